The summed E-state index contributed by atoms with van der Waals surface area (Å²) >= 11 is 0. The summed E-state index contributed by atoms with van der Waals surface area (Å²) in [5, 5.41) is 7.00. The van der Waals surface area contributed by atoms with Gasteiger partial charge in [0.25, 0.3) is 0 Å². The summed E-state index contributed by atoms with van der Waals surface area (Å²) in [5.41, 5.74) is 0. The van der Waals surface area contributed by atoms with E-state index in [-0.39, 0.29) is 0 Å². The van der Waals surface area contributed by atoms with E-state index in [4.69, 9.17) is 0 Å². The van der Waals surface area contributed by atoms with Gasteiger partial charge >= 0.3 is 0 Å². The summed E-state index contributed by atoms with van der Waals surface area (Å²) in [6.45, 7) is 17.2. The van der Waals surface area contributed by atoms with Crippen molar-refractivity contribution in [2.45, 2.75) is 59.4 Å². The Balaban J connectivity index is 2.16. The summed E-state index contributed by atoms with van der Waals surface area (Å²) in [6.07, 6.45) is 5.15. The molecule has 2 N–H and O–H groups in total. The fourth-order valence-electron chi connectivity index (χ4n) is 3.48. The molecular weight excluding hydrogens is 298 g/mol. The maximum absolute atomic E-state index is 4.37. The van der Waals surface area contributed by atoms with Crippen molar-refractivity contribution in [3.05, 3.63) is 0 Å². The topological polar surface area (TPSA) is 42.9 Å². The van der Waals surface area contributed by atoms with E-state index in [1.165, 1.54) is 45.3 Å². The Kier molecular flexibility index (Phi) is 11.1. The molecule has 1 heterocycles. The minimum atomic E-state index is 0.460. The number of piperidine rings is 1. The number of nitrogens with zero attached hydrogens (tertiary/aromatic N) is 3. The molecule has 2 unspecified atom stereocenters. The number of likely N-dealkylation sites (tertiary alicyclic amines) is 1. The maximum atomic E-state index is 4.37. The Labute approximate surface area is 150 Å². The number of nitrogens with one attached hydrogen (secondary N) is 2. The number of aliphatic imine (C=N–C) groups is 1. The molecule has 1 fully saturated rings. The lowest BCUT2D eigenvalue weighted by atomic mass is 10.0. The summed E-state index contributed by atoms with van der Waals surface area (Å²) in [6, 6.07) is 0.460. The molecule has 0 bridgehead atoms. The molecule has 142 valence electrons. The predicted molar refractivity (Wildman–Crippen MR) is 106 cm³/mol. The van der Waals surface area contributed by atoms with Crippen LogP contribution >= 0.6 is 0 Å². The van der Waals surface area contributed by atoms with E-state index in [0.717, 1.165) is 38.1 Å². The standard InChI is InChI=1S/C19H41N5/c1-6-23(7-2)13-9-11-18(4)22-19(20-5)21-12-15-24-14-8-10-17(3)16-24/h17-18H,6-16H2,1-5H3,(H2,20,21,22). The lowest BCUT2D eigenvalue weighted by Crippen LogP contribution is -2.46. The van der Waals surface area contributed by atoms with Crippen LogP contribution in [0.1, 0.15) is 53.4 Å². The molecule has 0 aromatic rings. The molecule has 0 aromatic heterocycles. The normalized spacial score (nSPS) is 21.1. The van der Waals surface area contributed by atoms with Crippen molar-refractivity contribution >= 4 is 5.96 Å². The van der Waals surface area contributed by atoms with Gasteiger partial charge in [0.05, 0.1) is 0 Å². The van der Waals surface area contributed by atoms with Gasteiger partial charge in [-0.2, -0.15) is 0 Å². The Bertz CT molecular complexity index is 341. The first-order chi connectivity index (χ1) is 11.6. The van der Waals surface area contributed by atoms with E-state index >= 15 is 0 Å². The van der Waals surface area contributed by atoms with Gasteiger partial charge in [0, 0.05) is 32.7 Å². The second-order valence-electron chi connectivity index (χ2n) is 7.26. The third kappa shape index (κ3) is 8.88. The van der Waals surface area contributed by atoms with E-state index < -0.39 is 0 Å². The van der Waals surface area contributed by atoms with Crippen LogP contribution in [0, 0.1) is 5.92 Å². The number of rotatable bonds is 10. The summed E-state index contributed by atoms with van der Waals surface area (Å²) in [5.74, 6) is 1.79. The minimum Gasteiger partial charge on any atom is -0.355 e. The van der Waals surface area contributed by atoms with E-state index in [0.29, 0.717) is 6.04 Å². The zero-order chi connectivity index (χ0) is 17.8. The molecule has 1 aliphatic heterocycles. The first-order valence-electron chi connectivity index (χ1n) is 10.0. The molecule has 1 aliphatic rings. The third-order valence-corrected chi connectivity index (χ3v) is 5.07. The van der Waals surface area contributed by atoms with Crippen LogP contribution in [0.15, 0.2) is 4.99 Å². The number of guanidine groups is 1. The van der Waals surface area contributed by atoms with Crippen LogP contribution in [-0.2, 0) is 0 Å². The largest absolute Gasteiger partial charge is 0.355 e. The Morgan fingerprint density at radius 3 is 2.71 bits per heavy atom. The van der Waals surface area contributed by atoms with E-state index in [1.54, 1.807) is 0 Å². The van der Waals surface area contributed by atoms with Crippen molar-refractivity contribution in [1.29, 1.82) is 0 Å². The van der Waals surface area contributed by atoms with Gasteiger partial charge in [-0.3, -0.25) is 4.99 Å². The van der Waals surface area contributed by atoms with Gasteiger partial charge in [-0.15, -0.1) is 0 Å². The van der Waals surface area contributed by atoms with Crippen LogP contribution in [0.2, 0.25) is 0 Å². The van der Waals surface area contributed by atoms with Crippen molar-refractivity contribution in [3.63, 3.8) is 0 Å². The molecule has 24 heavy (non-hydrogen) atoms. The molecule has 1 rings (SSSR count). The quantitative estimate of drug-likeness (QED) is 0.474. The van der Waals surface area contributed by atoms with Crippen molar-refractivity contribution in [1.82, 2.24) is 20.4 Å². The van der Waals surface area contributed by atoms with Gasteiger partial charge in [0.15, 0.2) is 5.96 Å². The molecule has 1 saturated heterocycles. The molecule has 0 saturated carbocycles. The first-order valence-corrected chi connectivity index (χ1v) is 10.0. The van der Waals surface area contributed by atoms with Gasteiger partial charge < -0.3 is 20.4 Å². The van der Waals surface area contributed by atoms with Crippen LogP contribution < -0.4 is 10.6 Å². The summed E-state index contributed by atoms with van der Waals surface area (Å²) in [7, 11) is 1.86. The lowest BCUT2D eigenvalue weighted by molar-refractivity contribution is 0.187. The van der Waals surface area contributed by atoms with Gasteiger partial charge in [0.1, 0.15) is 0 Å². The van der Waals surface area contributed by atoms with E-state index in [9.17, 15) is 0 Å². The third-order valence-electron chi connectivity index (χ3n) is 5.07. The van der Waals surface area contributed by atoms with Crippen LogP contribution in [0.4, 0.5) is 0 Å². The average Bonchev–Trinajstić information content (AvgIpc) is 2.58. The van der Waals surface area contributed by atoms with Gasteiger partial charge in [-0.25, -0.2) is 0 Å². The van der Waals surface area contributed by atoms with Gasteiger partial charge in [0.2, 0.25) is 0 Å². The fourth-order valence-corrected chi connectivity index (χ4v) is 3.48. The SMILES string of the molecule is CCN(CC)CCCC(C)NC(=NC)NCCN1CCCC(C)C1. The van der Waals surface area contributed by atoms with Crippen LogP contribution in [0.25, 0.3) is 0 Å². The predicted octanol–water partition coefficient (Wildman–Crippen LogP) is 2.39. The molecule has 0 radical (unpaired) electrons. The Morgan fingerprint density at radius 2 is 2.08 bits per heavy atom. The highest BCUT2D eigenvalue weighted by Gasteiger charge is 2.15. The second-order valence-corrected chi connectivity index (χ2v) is 7.26. The van der Waals surface area contributed by atoms with Crippen LogP contribution in [-0.4, -0.2) is 74.7 Å². The monoisotopic (exact) mass is 339 g/mol. The highest BCUT2D eigenvalue weighted by atomic mass is 15.2. The smallest absolute Gasteiger partial charge is 0.191 e. The van der Waals surface area contributed by atoms with Crippen molar-refractivity contribution in [2.24, 2.45) is 10.9 Å². The fraction of sp³-hybridized carbons (Fsp3) is 0.947. The maximum Gasteiger partial charge on any atom is 0.191 e. The van der Waals surface area contributed by atoms with E-state index in [1.807, 2.05) is 7.05 Å². The first kappa shape index (κ1) is 21.2. The molecule has 2 atom stereocenters. The average molecular weight is 340 g/mol. The Morgan fingerprint density at radius 1 is 1.33 bits per heavy atom. The summed E-state index contributed by atoms with van der Waals surface area (Å²) in [4.78, 5) is 9.42. The minimum absolute atomic E-state index is 0.460. The highest BCUT2D eigenvalue weighted by Crippen LogP contribution is 2.14. The van der Waals surface area contributed by atoms with Gasteiger partial charge in [-0.1, -0.05) is 20.8 Å². The van der Waals surface area contributed by atoms with Crippen LogP contribution in [0.3, 0.4) is 0 Å². The van der Waals surface area contributed by atoms with Crippen molar-refractivity contribution in [3.8, 4) is 0 Å². The summed E-state index contributed by atoms with van der Waals surface area (Å²) < 4.78 is 0. The zero-order valence-corrected chi connectivity index (χ0v) is 16.8. The molecule has 0 aromatic carbocycles. The molecule has 5 nitrogen and oxygen atoms in total. The lowest BCUT2D eigenvalue weighted by Gasteiger charge is -2.31. The van der Waals surface area contributed by atoms with Crippen LogP contribution in [0.5, 0.6) is 0 Å². The number of hydrogen-bond donors (Lipinski definition) is 2. The molecule has 0 spiro atoms. The number of hydrogen-bond acceptors (Lipinski definition) is 3. The molecule has 5 heteroatoms. The molecule has 0 aliphatic carbocycles. The zero-order valence-electron chi connectivity index (χ0n) is 16.8. The molecular formula is C19H41N5. The van der Waals surface area contributed by atoms with E-state index in [2.05, 4.69) is 53.1 Å². The Hall–Kier alpha value is -0.810. The van der Waals surface area contributed by atoms with Crippen molar-refractivity contribution < 1.29 is 0 Å². The second kappa shape index (κ2) is 12.5. The van der Waals surface area contributed by atoms with Gasteiger partial charge in [-0.05, 0) is 64.7 Å². The van der Waals surface area contributed by atoms with Crippen molar-refractivity contribution in [2.75, 3.05) is 52.9 Å². The highest BCUT2D eigenvalue weighted by molar-refractivity contribution is 5.79. The molecule has 0 amide bonds.